The van der Waals surface area contributed by atoms with Gasteiger partial charge in [0.15, 0.2) is 0 Å². The molecule has 2 unspecified atom stereocenters. The lowest BCUT2D eigenvalue weighted by Gasteiger charge is -2.37. The molecular formula is C25H41NO. The molecule has 1 aliphatic heterocycles. The molecule has 2 nitrogen and oxygen atoms in total. The van der Waals surface area contributed by atoms with Gasteiger partial charge in [-0.15, -0.1) is 0 Å². The van der Waals surface area contributed by atoms with Crippen molar-refractivity contribution in [1.82, 2.24) is 5.32 Å². The Balaban J connectivity index is 1.54. The summed E-state index contributed by atoms with van der Waals surface area (Å²) in [5, 5.41) is 3.93. The zero-order chi connectivity index (χ0) is 18.3. The van der Waals surface area contributed by atoms with E-state index in [1.807, 2.05) is 0 Å². The smallest absolute Gasteiger partial charge is 0.102 e. The van der Waals surface area contributed by atoms with Crippen molar-refractivity contribution < 1.29 is 4.74 Å². The van der Waals surface area contributed by atoms with Crippen molar-refractivity contribution in [3.05, 3.63) is 23.5 Å². The minimum Gasteiger partial charge on any atom is -0.494 e. The molecule has 2 saturated carbocycles. The molecule has 0 spiro atoms. The molecule has 152 valence electrons. The van der Waals surface area contributed by atoms with E-state index in [1.54, 1.807) is 5.57 Å². The Bertz CT molecular complexity index is 510. The van der Waals surface area contributed by atoms with Gasteiger partial charge < -0.3 is 10.1 Å². The summed E-state index contributed by atoms with van der Waals surface area (Å²) < 4.78 is 6.77. The first-order chi connectivity index (χ1) is 13.4. The monoisotopic (exact) mass is 371 g/mol. The minimum atomic E-state index is 0.478. The van der Waals surface area contributed by atoms with Gasteiger partial charge in [-0.2, -0.15) is 0 Å². The topological polar surface area (TPSA) is 21.3 Å². The molecule has 4 aliphatic rings. The van der Waals surface area contributed by atoms with E-state index in [4.69, 9.17) is 4.74 Å². The maximum Gasteiger partial charge on any atom is 0.102 e. The zero-order valence-electron chi connectivity index (χ0n) is 17.4. The third-order valence-corrected chi connectivity index (χ3v) is 7.48. The number of ether oxygens (including phenoxy) is 1. The van der Waals surface area contributed by atoms with Crippen molar-refractivity contribution in [2.24, 2.45) is 11.8 Å². The highest BCUT2D eigenvalue weighted by molar-refractivity contribution is 5.33. The summed E-state index contributed by atoms with van der Waals surface area (Å²) in [6.07, 6.45) is 27.5. The zero-order valence-corrected chi connectivity index (χ0v) is 17.4. The maximum atomic E-state index is 6.77. The van der Waals surface area contributed by atoms with Crippen molar-refractivity contribution in [3.63, 3.8) is 0 Å². The average Bonchev–Trinajstić information content (AvgIpc) is 2.73. The Morgan fingerprint density at radius 1 is 0.704 bits per heavy atom. The Hall–Kier alpha value is -0.760. The van der Waals surface area contributed by atoms with E-state index in [1.165, 1.54) is 115 Å². The van der Waals surface area contributed by atoms with Gasteiger partial charge in [0, 0.05) is 12.0 Å². The standard InChI is InChI=1S/C25H41NO/c1-2-10-16-23-24(26-17-11-3-1)18-21(20-12-6-4-7-13-20)19-25(23)27-22-14-8-5-9-15-22/h18-20,22-24,26H,1-17H2. The van der Waals surface area contributed by atoms with E-state index >= 15 is 0 Å². The Labute approximate surface area is 167 Å². The number of nitrogens with one attached hydrogen (secondary N) is 1. The molecule has 2 heteroatoms. The molecule has 0 aromatic heterocycles. The summed E-state index contributed by atoms with van der Waals surface area (Å²) in [6, 6.07) is 0.503. The highest BCUT2D eigenvalue weighted by Gasteiger charge is 2.32. The van der Waals surface area contributed by atoms with E-state index < -0.39 is 0 Å². The van der Waals surface area contributed by atoms with Gasteiger partial charge in [0.1, 0.15) is 5.76 Å². The molecule has 1 N–H and O–H groups in total. The van der Waals surface area contributed by atoms with Crippen LogP contribution in [-0.4, -0.2) is 18.7 Å². The first kappa shape index (κ1) is 19.6. The van der Waals surface area contributed by atoms with Crippen molar-refractivity contribution in [2.45, 2.75) is 115 Å². The molecule has 0 amide bonds. The SMILES string of the molecule is C1=C(C2CCCCC2)C=C(OC2CCCCC2)C2CCCCCCCNC12. The van der Waals surface area contributed by atoms with Crippen molar-refractivity contribution in [1.29, 1.82) is 0 Å². The number of fused-ring (bicyclic) bond motifs is 1. The van der Waals surface area contributed by atoms with E-state index in [2.05, 4.69) is 17.5 Å². The second kappa shape index (κ2) is 10.1. The molecule has 3 fully saturated rings. The van der Waals surface area contributed by atoms with Gasteiger partial charge in [-0.25, -0.2) is 0 Å². The fourth-order valence-electron chi connectivity index (χ4n) is 5.82. The van der Waals surface area contributed by atoms with E-state index in [9.17, 15) is 0 Å². The van der Waals surface area contributed by atoms with Crippen molar-refractivity contribution in [2.75, 3.05) is 6.54 Å². The highest BCUT2D eigenvalue weighted by Crippen LogP contribution is 2.39. The maximum absolute atomic E-state index is 6.77. The number of hydrogen-bond donors (Lipinski definition) is 1. The summed E-state index contributed by atoms with van der Waals surface area (Å²) in [6.45, 7) is 1.17. The molecule has 0 aromatic rings. The molecular weight excluding hydrogens is 330 g/mol. The third-order valence-electron chi connectivity index (χ3n) is 7.48. The van der Waals surface area contributed by atoms with Crippen LogP contribution in [0.5, 0.6) is 0 Å². The first-order valence-electron chi connectivity index (χ1n) is 12.2. The van der Waals surface area contributed by atoms with Gasteiger partial charge in [-0.05, 0) is 75.5 Å². The lowest BCUT2D eigenvalue weighted by molar-refractivity contribution is 0.0560. The van der Waals surface area contributed by atoms with Crippen LogP contribution in [0.3, 0.4) is 0 Å². The fraction of sp³-hybridized carbons (Fsp3) is 0.840. The molecule has 0 radical (unpaired) electrons. The number of allylic oxidation sites excluding steroid dienone is 2. The van der Waals surface area contributed by atoms with Crippen LogP contribution < -0.4 is 5.32 Å². The second-order valence-electron chi connectivity index (χ2n) is 9.57. The summed E-state index contributed by atoms with van der Waals surface area (Å²) >= 11 is 0. The minimum absolute atomic E-state index is 0.478. The van der Waals surface area contributed by atoms with Gasteiger partial charge in [-0.1, -0.05) is 57.4 Å². The third kappa shape index (κ3) is 5.40. The lowest BCUT2D eigenvalue weighted by Crippen LogP contribution is -2.40. The van der Waals surface area contributed by atoms with Crippen LogP contribution >= 0.6 is 0 Å². The van der Waals surface area contributed by atoms with Gasteiger partial charge in [0.25, 0.3) is 0 Å². The molecule has 1 heterocycles. The van der Waals surface area contributed by atoms with Crippen LogP contribution in [0.1, 0.15) is 103 Å². The van der Waals surface area contributed by atoms with Gasteiger partial charge in [0.05, 0.1) is 6.10 Å². The predicted octanol–water partition coefficient (Wildman–Crippen LogP) is 6.67. The number of hydrogen-bond acceptors (Lipinski definition) is 2. The van der Waals surface area contributed by atoms with Crippen LogP contribution in [0.25, 0.3) is 0 Å². The summed E-state index contributed by atoms with van der Waals surface area (Å²) in [5.74, 6) is 2.70. The Morgan fingerprint density at radius 2 is 1.33 bits per heavy atom. The molecule has 0 bridgehead atoms. The summed E-state index contributed by atoms with van der Waals surface area (Å²) in [5.41, 5.74) is 1.60. The van der Waals surface area contributed by atoms with Gasteiger partial charge in [0.2, 0.25) is 0 Å². The van der Waals surface area contributed by atoms with Crippen molar-refractivity contribution in [3.8, 4) is 0 Å². The van der Waals surface area contributed by atoms with Crippen LogP contribution in [-0.2, 0) is 4.74 Å². The van der Waals surface area contributed by atoms with Gasteiger partial charge in [-0.3, -0.25) is 0 Å². The quantitative estimate of drug-likeness (QED) is 0.598. The lowest BCUT2D eigenvalue weighted by atomic mass is 9.77. The molecule has 3 aliphatic carbocycles. The van der Waals surface area contributed by atoms with E-state index in [0.717, 1.165) is 5.92 Å². The van der Waals surface area contributed by atoms with Crippen LogP contribution in [0.15, 0.2) is 23.5 Å². The molecule has 27 heavy (non-hydrogen) atoms. The Kier molecular flexibility index (Phi) is 7.34. The fourth-order valence-corrected chi connectivity index (χ4v) is 5.82. The van der Waals surface area contributed by atoms with Gasteiger partial charge >= 0.3 is 0 Å². The average molecular weight is 372 g/mol. The second-order valence-corrected chi connectivity index (χ2v) is 9.57. The van der Waals surface area contributed by atoms with Crippen LogP contribution in [0, 0.1) is 11.8 Å². The largest absolute Gasteiger partial charge is 0.494 e. The summed E-state index contributed by atoms with van der Waals surface area (Å²) in [4.78, 5) is 0. The first-order valence-corrected chi connectivity index (χ1v) is 12.2. The van der Waals surface area contributed by atoms with Crippen LogP contribution in [0.2, 0.25) is 0 Å². The van der Waals surface area contributed by atoms with E-state index in [0.29, 0.717) is 18.1 Å². The Morgan fingerprint density at radius 3 is 2.15 bits per heavy atom. The normalized spacial score (nSPS) is 32.1. The van der Waals surface area contributed by atoms with E-state index in [-0.39, 0.29) is 0 Å². The highest BCUT2D eigenvalue weighted by atomic mass is 16.5. The number of rotatable bonds is 3. The predicted molar refractivity (Wildman–Crippen MR) is 114 cm³/mol. The summed E-state index contributed by atoms with van der Waals surface area (Å²) in [7, 11) is 0. The molecule has 1 saturated heterocycles. The molecule has 2 atom stereocenters. The van der Waals surface area contributed by atoms with Crippen molar-refractivity contribution >= 4 is 0 Å². The molecule has 4 rings (SSSR count). The molecule has 0 aromatic carbocycles. The van der Waals surface area contributed by atoms with Crippen LogP contribution in [0.4, 0.5) is 0 Å².